The fraction of sp³-hybridized carbons (Fsp3) is 0.615. The molecule has 1 aromatic heterocycles. The van der Waals surface area contributed by atoms with E-state index in [1.807, 2.05) is 13.8 Å². The molecule has 1 aliphatic heterocycles. The second-order valence-corrected chi connectivity index (χ2v) is 6.18. The first-order valence-electron chi connectivity index (χ1n) is 6.67. The van der Waals surface area contributed by atoms with Crippen LogP contribution in [-0.4, -0.2) is 34.1 Å². The van der Waals surface area contributed by atoms with Crippen molar-refractivity contribution in [3.05, 3.63) is 16.1 Å². The van der Waals surface area contributed by atoms with Crippen LogP contribution in [0.1, 0.15) is 54.6 Å². The van der Waals surface area contributed by atoms with Crippen LogP contribution in [0.5, 0.6) is 0 Å². The van der Waals surface area contributed by atoms with Gasteiger partial charge >= 0.3 is 5.97 Å². The number of rotatable bonds is 4. The molecule has 0 aliphatic carbocycles. The molecular formula is C13H19N3O3S. The zero-order valence-corrected chi connectivity index (χ0v) is 12.4. The standard InChI is InChI=1S/C13H19N3O3S/c1-8(10-16-9(7-20-10)11(17)18)15-12(19)13(2)5-3-4-6-14-13/h7-8,14H,3-6H2,1-2H3,(H,15,19)(H,17,18). The van der Waals surface area contributed by atoms with Crippen LogP contribution in [0.4, 0.5) is 0 Å². The smallest absolute Gasteiger partial charge is 0.355 e. The Balaban J connectivity index is 2.01. The molecule has 2 atom stereocenters. The van der Waals surface area contributed by atoms with Crippen LogP contribution < -0.4 is 10.6 Å². The fourth-order valence-corrected chi connectivity index (χ4v) is 3.05. The van der Waals surface area contributed by atoms with E-state index >= 15 is 0 Å². The highest BCUT2D eigenvalue weighted by Gasteiger charge is 2.35. The van der Waals surface area contributed by atoms with Gasteiger partial charge < -0.3 is 15.7 Å². The molecule has 7 heteroatoms. The minimum Gasteiger partial charge on any atom is -0.476 e. The third kappa shape index (κ3) is 3.16. The molecule has 0 spiro atoms. The van der Waals surface area contributed by atoms with Gasteiger partial charge in [0, 0.05) is 5.38 Å². The van der Waals surface area contributed by atoms with Gasteiger partial charge in [-0.3, -0.25) is 4.79 Å². The van der Waals surface area contributed by atoms with Crippen molar-refractivity contribution in [3.8, 4) is 0 Å². The lowest BCUT2D eigenvalue weighted by atomic mass is 9.90. The summed E-state index contributed by atoms with van der Waals surface area (Å²) in [4.78, 5) is 27.1. The summed E-state index contributed by atoms with van der Waals surface area (Å²) in [7, 11) is 0. The number of nitrogens with zero attached hydrogens (tertiary/aromatic N) is 1. The highest BCUT2D eigenvalue weighted by Crippen LogP contribution is 2.22. The first-order chi connectivity index (χ1) is 9.42. The van der Waals surface area contributed by atoms with E-state index in [9.17, 15) is 9.59 Å². The molecule has 2 unspecified atom stereocenters. The van der Waals surface area contributed by atoms with E-state index in [0.717, 1.165) is 25.8 Å². The summed E-state index contributed by atoms with van der Waals surface area (Å²) >= 11 is 1.25. The lowest BCUT2D eigenvalue weighted by molar-refractivity contribution is -0.128. The molecule has 2 heterocycles. The number of piperidine rings is 1. The van der Waals surface area contributed by atoms with Crippen LogP contribution in [-0.2, 0) is 4.79 Å². The lowest BCUT2D eigenvalue weighted by Crippen LogP contribution is -2.57. The fourth-order valence-electron chi connectivity index (χ4n) is 2.25. The van der Waals surface area contributed by atoms with Crippen LogP contribution in [0.2, 0.25) is 0 Å². The number of carboxylic acid groups (broad SMARTS) is 1. The van der Waals surface area contributed by atoms with E-state index in [0.29, 0.717) is 5.01 Å². The highest BCUT2D eigenvalue weighted by atomic mass is 32.1. The summed E-state index contributed by atoms with van der Waals surface area (Å²) in [6, 6.07) is -0.291. The predicted molar refractivity (Wildman–Crippen MR) is 75.9 cm³/mol. The van der Waals surface area contributed by atoms with Crippen molar-refractivity contribution in [1.29, 1.82) is 0 Å². The molecule has 110 valence electrons. The molecule has 1 saturated heterocycles. The van der Waals surface area contributed by atoms with Gasteiger partial charge in [-0.15, -0.1) is 11.3 Å². The predicted octanol–water partition coefficient (Wildman–Crippen LogP) is 1.55. The van der Waals surface area contributed by atoms with E-state index in [1.54, 1.807) is 0 Å². The normalized spacial score (nSPS) is 24.1. The Hall–Kier alpha value is -1.47. The third-order valence-electron chi connectivity index (χ3n) is 3.58. The molecule has 1 fully saturated rings. The molecule has 3 N–H and O–H groups in total. The van der Waals surface area contributed by atoms with Gasteiger partial charge in [0.15, 0.2) is 5.69 Å². The minimum absolute atomic E-state index is 0.0214. The maximum atomic E-state index is 12.3. The number of nitrogens with one attached hydrogen (secondary N) is 2. The largest absolute Gasteiger partial charge is 0.476 e. The number of carbonyl (C=O) groups is 2. The number of carboxylic acids is 1. The van der Waals surface area contributed by atoms with Gasteiger partial charge in [-0.1, -0.05) is 0 Å². The number of hydrogen-bond donors (Lipinski definition) is 3. The Kier molecular flexibility index (Phi) is 4.39. The van der Waals surface area contributed by atoms with Crippen molar-refractivity contribution >= 4 is 23.2 Å². The number of hydrogen-bond acceptors (Lipinski definition) is 5. The second kappa shape index (κ2) is 5.88. The average Bonchev–Trinajstić information content (AvgIpc) is 2.89. The summed E-state index contributed by atoms with van der Waals surface area (Å²) in [5, 5.41) is 17.1. The zero-order valence-electron chi connectivity index (χ0n) is 11.6. The molecular weight excluding hydrogens is 278 g/mol. The number of aromatic carboxylic acids is 1. The van der Waals surface area contributed by atoms with Crippen LogP contribution in [0, 0.1) is 0 Å². The maximum absolute atomic E-state index is 12.3. The van der Waals surface area contributed by atoms with Crippen molar-refractivity contribution in [2.75, 3.05) is 6.54 Å². The van der Waals surface area contributed by atoms with Gasteiger partial charge in [-0.05, 0) is 39.7 Å². The molecule has 0 aromatic carbocycles. The Morgan fingerprint density at radius 1 is 1.55 bits per heavy atom. The minimum atomic E-state index is -1.05. The quantitative estimate of drug-likeness (QED) is 0.784. The SMILES string of the molecule is CC(NC(=O)C1(C)CCCCN1)c1nc(C(=O)O)cs1. The molecule has 6 nitrogen and oxygen atoms in total. The second-order valence-electron chi connectivity index (χ2n) is 5.29. The van der Waals surface area contributed by atoms with Crippen LogP contribution in [0.3, 0.4) is 0 Å². The summed E-state index contributed by atoms with van der Waals surface area (Å²) in [6.07, 6.45) is 2.93. The van der Waals surface area contributed by atoms with Crippen molar-refractivity contribution in [2.24, 2.45) is 0 Å². The molecule has 1 aliphatic rings. The third-order valence-corrected chi connectivity index (χ3v) is 4.61. The van der Waals surface area contributed by atoms with Gasteiger partial charge in [-0.25, -0.2) is 9.78 Å². The van der Waals surface area contributed by atoms with Gasteiger partial charge in [0.25, 0.3) is 0 Å². The van der Waals surface area contributed by atoms with Crippen LogP contribution >= 0.6 is 11.3 Å². The molecule has 1 aromatic rings. The van der Waals surface area contributed by atoms with Gasteiger partial charge in [0.2, 0.25) is 5.91 Å². The van der Waals surface area contributed by atoms with Gasteiger partial charge in [-0.2, -0.15) is 0 Å². The molecule has 1 amide bonds. The van der Waals surface area contributed by atoms with Gasteiger partial charge in [0.05, 0.1) is 11.6 Å². The zero-order chi connectivity index (χ0) is 14.8. The average molecular weight is 297 g/mol. The van der Waals surface area contributed by atoms with E-state index in [2.05, 4.69) is 15.6 Å². The topological polar surface area (TPSA) is 91.3 Å². The molecule has 0 bridgehead atoms. The molecule has 20 heavy (non-hydrogen) atoms. The van der Waals surface area contributed by atoms with Crippen molar-refractivity contribution in [1.82, 2.24) is 15.6 Å². The van der Waals surface area contributed by atoms with E-state index in [4.69, 9.17) is 5.11 Å². The van der Waals surface area contributed by atoms with E-state index in [1.165, 1.54) is 16.7 Å². The molecule has 2 rings (SSSR count). The summed E-state index contributed by atoms with van der Waals surface area (Å²) in [5.74, 6) is -1.11. The Labute approximate surface area is 121 Å². The molecule has 0 radical (unpaired) electrons. The van der Waals surface area contributed by atoms with Crippen molar-refractivity contribution in [3.63, 3.8) is 0 Å². The highest BCUT2D eigenvalue weighted by molar-refractivity contribution is 7.09. The maximum Gasteiger partial charge on any atom is 0.355 e. The Morgan fingerprint density at radius 2 is 2.30 bits per heavy atom. The lowest BCUT2D eigenvalue weighted by Gasteiger charge is -2.34. The van der Waals surface area contributed by atoms with Crippen LogP contribution in [0.25, 0.3) is 0 Å². The van der Waals surface area contributed by atoms with Crippen molar-refractivity contribution < 1.29 is 14.7 Å². The number of carbonyl (C=O) groups excluding carboxylic acids is 1. The summed E-state index contributed by atoms with van der Waals surface area (Å²) < 4.78 is 0. The van der Waals surface area contributed by atoms with Gasteiger partial charge in [0.1, 0.15) is 5.01 Å². The summed E-state index contributed by atoms with van der Waals surface area (Å²) in [5.41, 5.74) is -0.521. The van der Waals surface area contributed by atoms with E-state index < -0.39 is 11.5 Å². The first kappa shape index (κ1) is 14.9. The number of amides is 1. The first-order valence-corrected chi connectivity index (χ1v) is 7.55. The monoisotopic (exact) mass is 297 g/mol. The number of aromatic nitrogens is 1. The molecule has 0 saturated carbocycles. The Morgan fingerprint density at radius 3 is 2.85 bits per heavy atom. The van der Waals surface area contributed by atoms with Crippen molar-refractivity contribution in [2.45, 2.75) is 44.7 Å². The van der Waals surface area contributed by atoms with Crippen LogP contribution in [0.15, 0.2) is 5.38 Å². The summed E-state index contributed by atoms with van der Waals surface area (Å²) in [6.45, 7) is 4.56. The Bertz CT molecular complexity index is 509. The van der Waals surface area contributed by atoms with E-state index in [-0.39, 0.29) is 17.6 Å². The number of thiazole rings is 1.